The van der Waals surface area contributed by atoms with Crippen molar-refractivity contribution < 1.29 is 311 Å². The molecule has 0 saturated heterocycles. The Kier molecular flexibility index (Phi) is 643. The SMILES string of the molecule is [CH3-].[CH3-].[U].[U].[U].[U].[U].[U].[U].[U].[U].[U]. The van der Waals surface area contributed by atoms with Gasteiger partial charge >= 0.3 is 0 Å². The van der Waals surface area contributed by atoms with E-state index in [2.05, 4.69) is 0 Å². The topological polar surface area (TPSA) is 0 Å². The average Bonchev–Trinajstić information content (AvgIpc) is 0. The van der Waals surface area contributed by atoms with E-state index < -0.39 is 0 Å². The van der Waals surface area contributed by atoms with Gasteiger partial charge in [0.25, 0.3) is 0 Å². The first-order valence-corrected chi connectivity index (χ1v) is 0. The van der Waals surface area contributed by atoms with E-state index in [-0.39, 0.29) is 326 Å². The van der Waals surface area contributed by atoms with E-state index in [1.807, 2.05) is 0 Å². The van der Waals surface area contributed by atoms with E-state index in [9.17, 15) is 0 Å². The zero-order valence-electron chi connectivity index (χ0n) is 7.00. The van der Waals surface area contributed by atoms with Crippen LogP contribution < -0.4 is 0 Å². The van der Waals surface area contributed by atoms with Gasteiger partial charge in [-0.25, -0.2) is 0 Å². The van der Waals surface area contributed by atoms with Gasteiger partial charge in [-0.3, -0.25) is 0 Å². The van der Waals surface area contributed by atoms with Gasteiger partial charge in [0, 0.05) is 311 Å². The Balaban J connectivity index is 0. The zero-order valence-corrected chi connectivity index (χ0v) is 48.6. The Morgan fingerprint density at radius 2 is 0.167 bits per heavy atom. The van der Waals surface area contributed by atoms with Crippen molar-refractivity contribution in [3.63, 3.8) is 0 Å². The summed E-state index contributed by atoms with van der Waals surface area (Å²) in [6.07, 6.45) is 0. The van der Waals surface area contributed by atoms with Crippen molar-refractivity contribution in [2.24, 2.45) is 0 Å². The minimum absolute atomic E-state index is 0. The Morgan fingerprint density at radius 3 is 0.167 bits per heavy atom. The van der Waals surface area contributed by atoms with Crippen LogP contribution in [0.4, 0.5) is 0 Å². The zero-order chi connectivity index (χ0) is 0. The van der Waals surface area contributed by atoms with E-state index in [1.54, 1.807) is 0 Å². The van der Waals surface area contributed by atoms with Gasteiger partial charge in [0.1, 0.15) is 0 Å². The molecule has 0 fully saturated rings. The van der Waals surface area contributed by atoms with Gasteiger partial charge in [0.15, 0.2) is 0 Å². The molecule has 0 aromatic carbocycles. The fourth-order valence-corrected chi connectivity index (χ4v) is 0. The third-order valence-electron chi connectivity index (χ3n) is 0. The Morgan fingerprint density at radius 1 is 0.167 bits per heavy atom. The molecule has 0 heterocycles. The number of rotatable bonds is 0. The standard InChI is InChI=1S/2CH3.10U/h2*1H3;;;;;;;;;;/q2*-1;;;;;;;;;;. The Bertz CT molecular complexity index is 7.80. The number of hydrogen-bond acceptors (Lipinski definition) is 0. The molecule has 0 atom stereocenters. The van der Waals surface area contributed by atoms with Crippen molar-refractivity contribution in [2.45, 2.75) is 0 Å². The van der Waals surface area contributed by atoms with Crippen LogP contribution in [0.5, 0.6) is 0 Å². The van der Waals surface area contributed by atoms with Crippen LogP contribution >= 0.6 is 0 Å². The molecule has 0 amide bonds. The molecular weight excluding hydrogens is 2400 g/mol. The predicted molar refractivity (Wildman–Crippen MR) is 12.8 cm³/mol. The van der Waals surface area contributed by atoms with E-state index in [1.165, 1.54) is 0 Å². The average molecular weight is 2410 g/mol. The van der Waals surface area contributed by atoms with Crippen molar-refractivity contribution in [1.82, 2.24) is 0 Å². The molecule has 0 unspecified atom stereocenters. The second kappa shape index (κ2) is 81.9. The molecule has 10 heteroatoms. The van der Waals surface area contributed by atoms with Crippen LogP contribution in [0.2, 0.25) is 0 Å². The smallest absolute Gasteiger partial charge is 0 e. The first kappa shape index (κ1) is 94.2. The summed E-state index contributed by atoms with van der Waals surface area (Å²) in [5.41, 5.74) is 0. The maximum atomic E-state index is 0. The predicted octanol–water partition coefficient (Wildman–Crippen LogP) is 0.901. The summed E-state index contributed by atoms with van der Waals surface area (Å²) in [7, 11) is 0. The second-order valence-corrected chi connectivity index (χ2v) is 0. The van der Waals surface area contributed by atoms with Gasteiger partial charge in [0.05, 0.1) is 0 Å². The van der Waals surface area contributed by atoms with E-state index in [0.717, 1.165) is 0 Å². The molecule has 0 saturated carbocycles. The van der Waals surface area contributed by atoms with Gasteiger partial charge in [-0.1, -0.05) is 0 Å². The third-order valence-corrected chi connectivity index (χ3v) is 0. The first-order valence-electron chi connectivity index (χ1n) is 0. The monoisotopic (exact) mass is 2410 g/mol. The van der Waals surface area contributed by atoms with Gasteiger partial charge in [0.2, 0.25) is 0 Å². The molecule has 0 aromatic rings. The molecule has 0 N–H and O–H groups in total. The maximum absolute atomic E-state index is 0. The van der Waals surface area contributed by atoms with Crippen molar-refractivity contribution in [2.75, 3.05) is 0 Å². The summed E-state index contributed by atoms with van der Waals surface area (Å²) < 4.78 is 0. The fraction of sp³-hybridized carbons (Fsp3) is 0. The minimum Gasteiger partial charge on any atom is -0.358 e. The van der Waals surface area contributed by atoms with E-state index >= 15 is 0 Å². The van der Waals surface area contributed by atoms with E-state index in [4.69, 9.17) is 0 Å². The quantitative estimate of drug-likeness (QED) is 0.317. The fourth-order valence-electron chi connectivity index (χ4n) is 0. The van der Waals surface area contributed by atoms with Gasteiger partial charge in [-0.05, 0) is 0 Å². The Labute approximate surface area is 315 Å². The molecule has 0 aliphatic carbocycles. The molecule has 0 aliphatic rings. The van der Waals surface area contributed by atoms with Crippen molar-refractivity contribution in [3.05, 3.63) is 14.9 Å². The van der Waals surface area contributed by atoms with Crippen molar-refractivity contribution in [3.8, 4) is 0 Å². The largest absolute Gasteiger partial charge is 0.358 e. The second-order valence-electron chi connectivity index (χ2n) is 0. The molecule has 12 heavy (non-hydrogen) atoms. The molecule has 0 aliphatic heterocycles. The molecule has 0 aromatic heterocycles. The van der Waals surface area contributed by atoms with Gasteiger partial charge < -0.3 is 14.9 Å². The normalized spacial score (nSPS) is 0. The summed E-state index contributed by atoms with van der Waals surface area (Å²) in [6, 6.07) is 0. The van der Waals surface area contributed by atoms with Gasteiger partial charge in [-0.15, -0.1) is 0 Å². The Hall–Kier alpha value is 10.5. The number of hydrogen-bond donors (Lipinski definition) is 0. The van der Waals surface area contributed by atoms with Crippen LogP contribution in [-0.2, 0) is 0 Å². The van der Waals surface area contributed by atoms with Crippen LogP contribution in [0.15, 0.2) is 0 Å². The maximum Gasteiger partial charge on any atom is 0 e. The molecule has 0 bridgehead atoms. The minimum atomic E-state index is 0. The van der Waals surface area contributed by atoms with Crippen molar-refractivity contribution >= 4 is 0 Å². The van der Waals surface area contributed by atoms with E-state index in [0.29, 0.717) is 0 Å². The van der Waals surface area contributed by atoms with Crippen LogP contribution in [-0.4, -0.2) is 0 Å². The van der Waals surface area contributed by atoms with Crippen LogP contribution in [0.3, 0.4) is 0 Å². The molecular formula is C2H6U10-2. The van der Waals surface area contributed by atoms with Crippen LogP contribution in [0.1, 0.15) is 0 Å². The molecule has 0 radical (unpaired) electrons. The van der Waals surface area contributed by atoms with Crippen LogP contribution in [0.25, 0.3) is 0 Å². The van der Waals surface area contributed by atoms with Crippen LogP contribution in [0, 0.1) is 326 Å². The summed E-state index contributed by atoms with van der Waals surface area (Å²) in [4.78, 5) is 0. The summed E-state index contributed by atoms with van der Waals surface area (Å²) in [6.45, 7) is 0. The third kappa shape index (κ3) is 70.7. The molecule has 0 rings (SSSR count). The molecule has 0 nitrogen and oxygen atoms in total. The molecule has 56 valence electrons. The van der Waals surface area contributed by atoms with Gasteiger partial charge in [-0.2, -0.15) is 0 Å². The van der Waals surface area contributed by atoms with Crippen molar-refractivity contribution in [1.29, 1.82) is 0 Å². The summed E-state index contributed by atoms with van der Waals surface area (Å²) >= 11 is 0. The summed E-state index contributed by atoms with van der Waals surface area (Å²) in [5.74, 6) is 0. The molecule has 0 spiro atoms. The summed E-state index contributed by atoms with van der Waals surface area (Å²) in [5, 5.41) is 0. The first-order chi connectivity index (χ1) is 0.